The Balaban J connectivity index is 1.78. The Hall–Kier alpha value is -1.86. The van der Waals surface area contributed by atoms with Crippen LogP contribution < -0.4 is 5.32 Å². The molecule has 6 nitrogen and oxygen atoms in total. The first-order valence-corrected chi connectivity index (χ1v) is 7.73. The van der Waals surface area contributed by atoms with E-state index in [0.717, 1.165) is 13.1 Å². The van der Waals surface area contributed by atoms with Crippen molar-refractivity contribution in [2.24, 2.45) is 0 Å². The van der Waals surface area contributed by atoms with Gasteiger partial charge in [-0.3, -0.25) is 4.79 Å². The van der Waals surface area contributed by atoms with Crippen LogP contribution >= 0.6 is 11.3 Å². The minimum Gasteiger partial charge on any atom is -0.335 e. The standard InChI is InChI=1S/C14H17N5OS/c1-9-7-19(8-10(2)18-9)14(20)11-6-17-13(21-11)12-15-4-3-5-16-12/h3-6,9-10,18H,7-8H2,1-2H3/t9-,10+. The zero-order valence-corrected chi connectivity index (χ0v) is 12.8. The fraction of sp³-hybridized carbons (Fsp3) is 0.429. The van der Waals surface area contributed by atoms with Crippen LogP contribution in [0.3, 0.4) is 0 Å². The van der Waals surface area contributed by atoms with Crippen molar-refractivity contribution >= 4 is 17.2 Å². The molecule has 110 valence electrons. The first kappa shape index (κ1) is 14.1. The van der Waals surface area contributed by atoms with E-state index in [1.165, 1.54) is 11.3 Å². The molecule has 1 saturated heterocycles. The van der Waals surface area contributed by atoms with Crippen molar-refractivity contribution in [2.75, 3.05) is 13.1 Å². The molecule has 0 bridgehead atoms. The molecule has 0 radical (unpaired) electrons. The van der Waals surface area contributed by atoms with Gasteiger partial charge in [-0.25, -0.2) is 15.0 Å². The lowest BCUT2D eigenvalue weighted by molar-refractivity contribution is 0.0678. The van der Waals surface area contributed by atoms with Crippen molar-refractivity contribution < 1.29 is 4.79 Å². The van der Waals surface area contributed by atoms with E-state index in [9.17, 15) is 4.79 Å². The molecule has 21 heavy (non-hydrogen) atoms. The molecule has 0 aliphatic carbocycles. The number of amides is 1. The summed E-state index contributed by atoms with van der Waals surface area (Å²) >= 11 is 1.34. The number of carbonyl (C=O) groups is 1. The highest BCUT2D eigenvalue weighted by Crippen LogP contribution is 2.23. The number of piperazine rings is 1. The third-order valence-corrected chi connectivity index (χ3v) is 4.30. The van der Waals surface area contributed by atoms with Crippen LogP contribution in [0.1, 0.15) is 23.5 Å². The van der Waals surface area contributed by atoms with E-state index in [-0.39, 0.29) is 5.91 Å². The topological polar surface area (TPSA) is 71.0 Å². The van der Waals surface area contributed by atoms with Crippen LogP contribution in [0.15, 0.2) is 24.7 Å². The van der Waals surface area contributed by atoms with Gasteiger partial charge in [0.15, 0.2) is 10.8 Å². The summed E-state index contributed by atoms with van der Waals surface area (Å²) in [6.07, 6.45) is 4.96. The number of thiazole rings is 1. The van der Waals surface area contributed by atoms with E-state index in [4.69, 9.17) is 0 Å². The lowest BCUT2D eigenvalue weighted by Gasteiger charge is -2.35. The second-order valence-electron chi connectivity index (χ2n) is 5.28. The Morgan fingerprint density at radius 3 is 2.57 bits per heavy atom. The number of hydrogen-bond donors (Lipinski definition) is 1. The number of rotatable bonds is 2. The largest absolute Gasteiger partial charge is 0.335 e. The Morgan fingerprint density at radius 1 is 1.24 bits per heavy atom. The van der Waals surface area contributed by atoms with Crippen LogP contribution in [-0.4, -0.2) is 50.9 Å². The zero-order valence-electron chi connectivity index (χ0n) is 12.0. The first-order valence-electron chi connectivity index (χ1n) is 6.92. The highest BCUT2D eigenvalue weighted by Gasteiger charge is 2.26. The van der Waals surface area contributed by atoms with E-state index >= 15 is 0 Å². The fourth-order valence-corrected chi connectivity index (χ4v) is 3.37. The fourth-order valence-electron chi connectivity index (χ4n) is 2.53. The molecule has 0 aromatic carbocycles. The molecular weight excluding hydrogens is 286 g/mol. The molecule has 0 saturated carbocycles. The minimum absolute atomic E-state index is 0.0369. The van der Waals surface area contributed by atoms with Gasteiger partial charge < -0.3 is 10.2 Å². The molecule has 0 unspecified atom stereocenters. The highest BCUT2D eigenvalue weighted by atomic mass is 32.1. The summed E-state index contributed by atoms with van der Waals surface area (Å²) in [6, 6.07) is 2.37. The number of hydrogen-bond acceptors (Lipinski definition) is 6. The van der Waals surface area contributed by atoms with Crippen LogP contribution in [0.4, 0.5) is 0 Å². The molecular formula is C14H17N5OS. The third-order valence-electron chi connectivity index (χ3n) is 3.32. The Morgan fingerprint density at radius 2 is 1.90 bits per heavy atom. The van der Waals surface area contributed by atoms with Gasteiger partial charge in [0.1, 0.15) is 4.88 Å². The molecule has 1 N–H and O–H groups in total. The second-order valence-corrected chi connectivity index (χ2v) is 6.31. The van der Waals surface area contributed by atoms with Gasteiger partial charge in [0.05, 0.1) is 6.20 Å². The zero-order chi connectivity index (χ0) is 14.8. The van der Waals surface area contributed by atoms with Crippen LogP contribution in [0.25, 0.3) is 10.8 Å². The van der Waals surface area contributed by atoms with Gasteiger partial charge >= 0.3 is 0 Å². The molecule has 1 fully saturated rings. The van der Waals surface area contributed by atoms with Crippen molar-refractivity contribution in [3.05, 3.63) is 29.5 Å². The predicted molar refractivity (Wildman–Crippen MR) is 81.1 cm³/mol. The lowest BCUT2D eigenvalue weighted by atomic mass is 10.1. The molecule has 2 aromatic rings. The summed E-state index contributed by atoms with van der Waals surface area (Å²) in [7, 11) is 0. The van der Waals surface area contributed by atoms with Gasteiger partial charge in [-0.05, 0) is 19.9 Å². The van der Waals surface area contributed by atoms with Gasteiger partial charge in [-0.1, -0.05) is 0 Å². The number of nitrogens with one attached hydrogen (secondary N) is 1. The van der Waals surface area contributed by atoms with Gasteiger partial charge in [0.2, 0.25) is 0 Å². The number of aromatic nitrogens is 3. The summed E-state index contributed by atoms with van der Waals surface area (Å²) in [6.45, 7) is 5.62. The molecule has 1 amide bonds. The molecule has 7 heteroatoms. The molecule has 3 rings (SSSR count). The van der Waals surface area contributed by atoms with Crippen molar-refractivity contribution in [1.29, 1.82) is 0 Å². The van der Waals surface area contributed by atoms with Gasteiger partial charge in [0.25, 0.3) is 5.91 Å². The summed E-state index contributed by atoms with van der Waals surface area (Å²) in [5.74, 6) is 0.596. The van der Waals surface area contributed by atoms with E-state index in [1.807, 2.05) is 4.90 Å². The van der Waals surface area contributed by atoms with Crippen LogP contribution in [0, 0.1) is 0 Å². The lowest BCUT2D eigenvalue weighted by Crippen LogP contribution is -2.55. The van der Waals surface area contributed by atoms with E-state index in [0.29, 0.717) is 27.8 Å². The highest BCUT2D eigenvalue weighted by molar-refractivity contribution is 7.16. The maximum absolute atomic E-state index is 12.6. The maximum Gasteiger partial charge on any atom is 0.265 e. The number of carbonyl (C=O) groups excluding carboxylic acids is 1. The third kappa shape index (κ3) is 3.08. The molecule has 1 aliphatic heterocycles. The Labute approximate surface area is 127 Å². The van der Waals surface area contributed by atoms with Gasteiger partial charge in [-0.2, -0.15) is 0 Å². The van der Waals surface area contributed by atoms with Crippen LogP contribution in [-0.2, 0) is 0 Å². The SMILES string of the molecule is C[C@@H]1CN(C(=O)c2cnc(-c3ncccn3)s2)C[C@H](C)N1. The Bertz CT molecular complexity index is 619. The normalized spacial score (nSPS) is 22.3. The summed E-state index contributed by atoms with van der Waals surface area (Å²) in [4.78, 5) is 27.7. The summed E-state index contributed by atoms with van der Waals surface area (Å²) < 4.78 is 0. The second kappa shape index (κ2) is 5.87. The van der Waals surface area contributed by atoms with Gasteiger partial charge in [-0.15, -0.1) is 11.3 Å². The van der Waals surface area contributed by atoms with Crippen LogP contribution in [0.2, 0.25) is 0 Å². The molecule has 3 heterocycles. The summed E-state index contributed by atoms with van der Waals surface area (Å²) in [5, 5.41) is 4.10. The number of nitrogens with zero attached hydrogens (tertiary/aromatic N) is 4. The average Bonchev–Trinajstić information content (AvgIpc) is 2.96. The van der Waals surface area contributed by atoms with E-state index in [1.54, 1.807) is 24.7 Å². The van der Waals surface area contributed by atoms with E-state index in [2.05, 4.69) is 34.1 Å². The molecule has 2 atom stereocenters. The summed E-state index contributed by atoms with van der Waals surface area (Å²) in [5.41, 5.74) is 0. The molecule has 0 spiro atoms. The predicted octanol–water partition coefficient (Wildman–Crippen LogP) is 1.42. The van der Waals surface area contributed by atoms with Crippen molar-refractivity contribution in [3.8, 4) is 10.8 Å². The van der Waals surface area contributed by atoms with Gasteiger partial charge in [0, 0.05) is 37.6 Å². The quantitative estimate of drug-likeness (QED) is 0.908. The average molecular weight is 303 g/mol. The van der Waals surface area contributed by atoms with Crippen molar-refractivity contribution in [2.45, 2.75) is 25.9 Å². The smallest absolute Gasteiger partial charge is 0.265 e. The minimum atomic E-state index is 0.0369. The first-order chi connectivity index (χ1) is 10.1. The van der Waals surface area contributed by atoms with E-state index < -0.39 is 0 Å². The van der Waals surface area contributed by atoms with Crippen LogP contribution in [0.5, 0.6) is 0 Å². The monoisotopic (exact) mass is 303 g/mol. The van der Waals surface area contributed by atoms with Crippen molar-refractivity contribution in [3.63, 3.8) is 0 Å². The molecule has 1 aliphatic rings. The molecule has 2 aromatic heterocycles. The Kier molecular flexibility index (Phi) is 3.94. The van der Waals surface area contributed by atoms with Crippen molar-refractivity contribution in [1.82, 2.24) is 25.2 Å². The maximum atomic E-state index is 12.6.